The summed E-state index contributed by atoms with van der Waals surface area (Å²) in [6.07, 6.45) is 5.34. The first-order valence-corrected chi connectivity index (χ1v) is 6.68. The van der Waals surface area contributed by atoms with Gasteiger partial charge in [-0.05, 0) is 17.9 Å². The SMILES string of the molecule is CC(C)Cn1cc(CCN2CCNCC2)cn1. The standard InChI is InChI=1S/C13H24N4/c1-12(2)10-17-11-13(9-15-17)3-6-16-7-4-14-5-8-16/h9,11-12,14H,3-8,10H2,1-2H3. The van der Waals surface area contributed by atoms with Crippen LogP contribution in [0.5, 0.6) is 0 Å². The molecule has 1 aromatic rings. The number of aromatic nitrogens is 2. The molecule has 1 N–H and O–H groups in total. The average Bonchev–Trinajstić information content (AvgIpc) is 2.75. The van der Waals surface area contributed by atoms with E-state index >= 15 is 0 Å². The summed E-state index contributed by atoms with van der Waals surface area (Å²) in [6, 6.07) is 0. The summed E-state index contributed by atoms with van der Waals surface area (Å²) in [6.45, 7) is 11.3. The van der Waals surface area contributed by atoms with Crippen LogP contribution in [-0.2, 0) is 13.0 Å². The number of rotatable bonds is 5. The summed E-state index contributed by atoms with van der Waals surface area (Å²) >= 11 is 0. The van der Waals surface area contributed by atoms with E-state index in [1.807, 2.05) is 6.20 Å². The van der Waals surface area contributed by atoms with Crippen molar-refractivity contribution in [3.8, 4) is 0 Å². The molecule has 1 aliphatic rings. The first kappa shape index (κ1) is 12.6. The van der Waals surface area contributed by atoms with Gasteiger partial charge in [-0.3, -0.25) is 4.68 Å². The van der Waals surface area contributed by atoms with Crippen LogP contribution in [0.25, 0.3) is 0 Å². The maximum Gasteiger partial charge on any atom is 0.0522 e. The molecule has 1 fully saturated rings. The molecule has 2 rings (SSSR count). The van der Waals surface area contributed by atoms with E-state index in [-0.39, 0.29) is 0 Å². The number of nitrogens with zero attached hydrogens (tertiary/aromatic N) is 3. The van der Waals surface area contributed by atoms with Crippen LogP contribution in [0.2, 0.25) is 0 Å². The van der Waals surface area contributed by atoms with Gasteiger partial charge in [-0.2, -0.15) is 5.10 Å². The largest absolute Gasteiger partial charge is 0.314 e. The normalized spacial score (nSPS) is 17.8. The highest BCUT2D eigenvalue weighted by Gasteiger charge is 2.09. The minimum Gasteiger partial charge on any atom is -0.314 e. The topological polar surface area (TPSA) is 33.1 Å². The second kappa shape index (κ2) is 6.17. The Balaban J connectivity index is 1.76. The van der Waals surface area contributed by atoms with Gasteiger partial charge in [0.25, 0.3) is 0 Å². The zero-order valence-electron chi connectivity index (χ0n) is 11.0. The van der Waals surface area contributed by atoms with E-state index in [1.54, 1.807) is 0 Å². The van der Waals surface area contributed by atoms with Crippen molar-refractivity contribution in [2.24, 2.45) is 5.92 Å². The van der Waals surface area contributed by atoms with E-state index in [0.717, 1.165) is 32.6 Å². The smallest absolute Gasteiger partial charge is 0.0522 e. The molecule has 1 aromatic heterocycles. The van der Waals surface area contributed by atoms with Crippen molar-refractivity contribution in [1.82, 2.24) is 20.0 Å². The molecular weight excluding hydrogens is 212 g/mol. The van der Waals surface area contributed by atoms with Crippen LogP contribution in [0.4, 0.5) is 0 Å². The van der Waals surface area contributed by atoms with Gasteiger partial charge >= 0.3 is 0 Å². The van der Waals surface area contributed by atoms with Crippen LogP contribution in [0.3, 0.4) is 0 Å². The molecule has 0 atom stereocenters. The molecule has 1 aliphatic heterocycles. The van der Waals surface area contributed by atoms with Crippen LogP contribution in [0, 0.1) is 5.92 Å². The summed E-state index contributed by atoms with van der Waals surface area (Å²) in [5.74, 6) is 0.663. The molecule has 1 saturated heterocycles. The van der Waals surface area contributed by atoms with Gasteiger partial charge in [-0.25, -0.2) is 0 Å². The predicted molar refractivity (Wildman–Crippen MR) is 70.1 cm³/mol. The summed E-state index contributed by atoms with van der Waals surface area (Å²) in [5, 5.41) is 7.79. The van der Waals surface area contributed by atoms with Crippen molar-refractivity contribution in [2.45, 2.75) is 26.8 Å². The Bertz CT molecular complexity index is 326. The van der Waals surface area contributed by atoms with Gasteiger partial charge in [0, 0.05) is 45.5 Å². The van der Waals surface area contributed by atoms with Gasteiger partial charge in [0.15, 0.2) is 0 Å². The number of hydrogen-bond acceptors (Lipinski definition) is 3. The first-order valence-electron chi connectivity index (χ1n) is 6.68. The third kappa shape index (κ3) is 4.13. The zero-order chi connectivity index (χ0) is 12.1. The van der Waals surface area contributed by atoms with Crippen molar-refractivity contribution in [2.75, 3.05) is 32.7 Å². The maximum absolute atomic E-state index is 4.41. The highest BCUT2D eigenvalue weighted by atomic mass is 15.3. The molecule has 0 saturated carbocycles. The van der Waals surface area contributed by atoms with E-state index in [4.69, 9.17) is 0 Å². The lowest BCUT2D eigenvalue weighted by Gasteiger charge is -2.26. The summed E-state index contributed by atoms with van der Waals surface area (Å²) in [4.78, 5) is 2.52. The first-order chi connectivity index (χ1) is 8.24. The molecule has 0 amide bonds. The second-order valence-corrected chi connectivity index (χ2v) is 5.31. The Hall–Kier alpha value is -0.870. The molecule has 0 aromatic carbocycles. The Kier molecular flexibility index (Phi) is 4.57. The highest BCUT2D eigenvalue weighted by Crippen LogP contribution is 2.04. The number of nitrogens with one attached hydrogen (secondary N) is 1. The summed E-state index contributed by atoms with van der Waals surface area (Å²) in [7, 11) is 0. The van der Waals surface area contributed by atoms with E-state index < -0.39 is 0 Å². The quantitative estimate of drug-likeness (QED) is 0.827. The third-order valence-corrected chi connectivity index (χ3v) is 3.17. The van der Waals surface area contributed by atoms with Crippen molar-refractivity contribution >= 4 is 0 Å². The Morgan fingerprint density at radius 2 is 2.12 bits per heavy atom. The monoisotopic (exact) mass is 236 g/mol. The molecule has 0 bridgehead atoms. The molecule has 4 nitrogen and oxygen atoms in total. The summed E-state index contributed by atoms with van der Waals surface area (Å²) < 4.78 is 2.07. The fourth-order valence-corrected chi connectivity index (χ4v) is 2.23. The van der Waals surface area contributed by atoms with Crippen LogP contribution < -0.4 is 5.32 Å². The molecule has 0 unspecified atom stereocenters. The van der Waals surface area contributed by atoms with Gasteiger partial charge in [0.1, 0.15) is 0 Å². The highest BCUT2D eigenvalue weighted by molar-refractivity contribution is 5.04. The Labute approximate surface area is 104 Å². The lowest BCUT2D eigenvalue weighted by molar-refractivity contribution is 0.244. The van der Waals surface area contributed by atoms with Gasteiger partial charge in [-0.1, -0.05) is 13.8 Å². The lowest BCUT2D eigenvalue weighted by atomic mass is 10.2. The zero-order valence-corrected chi connectivity index (χ0v) is 11.0. The Morgan fingerprint density at radius 1 is 1.35 bits per heavy atom. The fourth-order valence-electron chi connectivity index (χ4n) is 2.23. The predicted octanol–water partition coefficient (Wildman–Crippen LogP) is 0.987. The lowest BCUT2D eigenvalue weighted by Crippen LogP contribution is -2.44. The van der Waals surface area contributed by atoms with Crippen molar-refractivity contribution in [3.05, 3.63) is 18.0 Å². The Morgan fingerprint density at radius 3 is 2.82 bits per heavy atom. The van der Waals surface area contributed by atoms with Crippen LogP contribution in [-0.4, -0.2) is 47.4 Å². The maximum atomic E-state index is 4.41. The van der Waals surface area contributed by atoms with Crippen molar-refractivity contribution < 1.29 is 0 Å². The molecule has 2 heterocycles. The second-order valence-electron chi connectivity index (χ2n) is 5.31. The van der Waals surface area contributed by atoms with E-state index in [2.05, 4.69) is 40.0 Å². The molecule has 4 heteroatoms. The number of piperazine rings is 1. The van der Waals surface area contributed by atoms with Gasteiger partial charge < -0.3 is 10.2 Å². The minimum absolute atomic E-state index is 0.663. The van der Waals surface area contributed by atoms with Crippen molar-refractivity contribution in [3.63, 3.8) is 0 Å². The molecule has 96 valence electrons. The molecule has 17 heavy (non-hydrogen) atoms. The van der Waals surface area contributed by atoms with Crippen molar-refractivity contribution in [1.29, 1.82) is 0 Å². The van der Waals surface area contributed by atoms with E-state index in [1.165, 1.54) is 18.7 Å². The molecular formula is C13H24N4. The molecule has 0 spiro atoms. The van der Waals surface area contributed by atoms with Crippen LogP contribution >= 0.6 is 0 Å². The third-order valence-electron chi connectivity index (χ3n) is 3.17. The average molecular weight is 236 g/mol. The molecule has 0 radical (unpaired) electrons. The van der Waals surface area contributed by atoms with Crippen LogP contribution in [0.1, 0.15) is 19.4 Å². The number of hydrogen-bond donors (Lipinski definition) is 1. The minimum atomic E-state index is 0.663. The van der Waals surface area contributed by atoms with Crippen LogP contribution in [0.15, 0.2) is 12.4 Å². The van der Waals surface area contributed by atoms with Gasteiger partial charge in [0.05, 0.1) is 6.20 Å². The van der Waals surface area contributed by atoms with E-state index in [9.17, 15) is 0 Å². The van der Waals surface area contributed by atoms with Gasteiger partial charge in [-0.15, -0.1) is 0 Å². The fraction of sp³-hybridized carbons (Fsp3) is 0.769. The molecule has 0 aliphatic carbocycles. The van der Waals surface area contributed by atoms with E-state index in [0.29, 0.717) is 5.92 Å². The van der Waals surface area contributed by atoms with Gasteiger partial charge in [0.2, 0.25) is 0 Å². The summed E-state index contributed by atoms with van der Waals surface area (Å²) in [5.41, 5.74) is 1.36.